The van der Waals surface area contributed by atoms with E-state index in [-0.39, 0.29) is 25.3 Å². The molecule has 34 heavy (non-hydrogen) atoms. The molecule has 1 aliphatic rings. The Labute approximate surface area is 197 Å². The number of amides is 2. The quantitative estimate of drug-likeness (QED) is 0.543. The maximum absolute atomic E-state index is 13.1. The average molecular weight is 461 g/mol. The molecular weight excluding hydrogens is 432 g/mol. The van der Waals surface area contributed by atoms with Gasteiger partial charge < -0.3 is 21.1 Å². The highest BCUT2D eigenvalue weighted by atomic mass is 16.6. The number of nitrogens with two attached hydrogens (primary N) is 2. The Kier molecular flexibility index (Phi) is 6.00. The molecule has 0 radical (unpaired) electrons. The molecule has 2 heterocycles. The lowest BCUT2D eigenvalue weighted by Gasteiger charge is -2.25. The fraction of sp³-hybridized carbons (Fsp3) is 0.308. The van der Waals surface area contributed by atoms with Gasteiger partial charge in [-0.25, -0.2) is 4.98 Å². The van der Waals surface area contributed by atoms with E-state index in [1.165, 1.54) is 4.90 Å². The van der Waals surface area contributed by atoms with Crippen molar-refractivity contribution in [3.8, 4) is 11.3 Å². The van der Waals surface area contributed by atoms with Crippen molar-refractivity contribution in [2.45, 2.75) is 51.8 Å². The number of ether oxygens (including phenoxy) is 1. The minimum absolute atomic E-state index is 0.0173. The summed E-state index contributed by atoms with van der Waals surface area (Å²) in [4.78, 5) is 43.3. The fourth-order valence-electron chi connectivity index (χ4n) is 4.23. The molecule has 3 aromatic rings. The van der Waals surface area contributed by atoms with Gasteiger partial charge in [0.05, 0.1) is 5.69 Å². The van der Waals surface area contributed by atoms with E-state index in [1.54, 1.807) is 26.8 Å². The van der Waals surface area contributed by atoms with Crippen molar-refractivity contribution in [3.63, 3.8) is 0 Å². The molecular formula is C26H28N4O4. The van der Waals surface area contributed by atoms with Crippen molar-refractivity contribution in [1.82, 2.24) is 9.88 Å². The number of esters is 1. The molecule has 4 N–H and O–H groups in total. The zero-order valence-electron chi connectivity index (χ0n) is 19.5. The maximum Gasteiger partial charge on any atom is 0.306 e. The van der Waals surface area contributed by atoms with E-state index in [4.69, 9.17) is 16.2 Å². The molecule has 0 saturated heterocycles. The molecule has 0 saturated carbocycles. The molecule has 0 bridgehead atoms. The van der Waals surface area contributed by atoms with Gasteiger partial charge in [-0.05, 0) is 56.3 Å². The van der Waals surface area contributed by atoms with Crippen LogP contribution < -0.4 is 11.5 Å². The van der Waals surface area contributed by atoms with Gasteiger partial charge in [0.15, 0.2) is 0 Å². The number of rotatable bonds is 6. The topological polar surface area (TPSA) is 129 Å². The Balaban J connectivity index is 1.56. The summed E-state index contributed by atoms with van der Waals surface area (Å²) >= 11 is 0. The summed E-state index contributed by atoms with van der Waals surface area (Å²) in [6.45, 7) is 5.53. The minimum Gasteiger partial charge on any atom is -0.460 e. The number of nitrogen functional groups attached to an aromatic ring is 1. The van der Waals surface area contributed by atoms with E-state index in [9.17, 15) is 14.4 Å². The molecule has 0 fully saturated rings. The van der Waals surface area contributed by atoms with Crippen LogP contribution >= 0.6 is 0 Å². The van der Waals surface area contributed by atoms with Crippen molar-refractivity contribution < 1.29 is 19.1 Å². The predicted molar refractivity (Wildman–Crippen MR) is 130 cm³/mol. The van der Waals surface area contributed by atoms with Gasteiger partial charge in [0.25, 0.3) is 5.91 Å². The van der Waals surface area contributed by atoms with Crippen LogP contribution in [0.1, 0.15) is 49.5 Å². The number of aromatic nitrogens is 1. The first-order valence-corrected chi connectivity index (χ1v) is 11.1. The molecule has 1 aromatic heterocycles. The van der Waals surface area contributed by atoms with Gasteiger partial charge in [0.1, 0.15) is 17.5 Å². The molecule has 8 nitrogen and oxygen atoms in total. The smallest absolute Gasteiger partial charge is 0.306 e. The number of primary amides is 1. The van der Waals surface area contributed by atoms with Gasteiger partial charge in [-0.15, -0.1) is 0 Å². The summed E-state index contributed by atoms with van der Waals surface area (Å²) in [5.74, 6) is -0.957. The molecule has 4 rings (SSSR count). The summed E-state index contributed by atoms with van der Waals surface area (Å²) in [6.07, 6.45) is 0.0795. The first-order valence-electron chi connectivity index (χ1n) is 11.1. The Bertz CT molecular complexity index is 1300. The second-order valence-corrected chi connectivity index (χ2v) is 9.46. The predicted octanol–water partition coefficient (Wildman–Crippen LogP) is 3.42. The number of nitrogens with zero attached hydrogens (tertiary/aromatic N) is 2. The number of fused-ring (bicyclic) bond motifs is 2. The van der Waals surface area contributed by atoms with Gasteiger partial charge in [-0.2, -0.15) is 0 Å². The van der Waals surface area contributed by atoms with E-state index >= 15 is 0 Å². The van der Waals surface area contributed by atoms with Crippen LogP contribution in [0.15, 0.2) is 48.5 Å². The van der Waals surface area contributed by atoms with Crippen molar-refractivity contribution in [1.29, 1.82) is 0 Å². The maximum atomic E-state index is 13.1. The molecule has 0 aliphatic carbocycles. The Hall–Kier alpha value is -3.94. The summed E-state index contributed by atoms with van der Waals surface area (Å²) in [7, 11) is 0. The van der Waals surface area contributed by atoms with Crippen LogP contribution in [-0.4, -0.2) is 39.3 Å². The van der Waals surface area contributed by atoms with Crippen LogP contribution in [0.25, 0.3) is 22.0 Å². The van der Waals surface area contributed by atoms with Crippen molar-refractivity contribution in [2.24, 2.45) is 5.73 Å². The molecule has 0 unspecified atom stereocenters. The lowest BCUT2D eigenvalue weighted by atomic mass is 10.0. The lowest BCUT2D eigenvalue weighted by molar-refractivity contribution is -0.155. The van der Waals surface area contributed by atoms with Crippen LogP contribution in [0.4, 0.5) is 5.82 Å². The second-order valence-electron chi connectivity index (χ2n) is 9.46. The van der Waals surface area contributed by atoms with E-state index in [1.807, 2.05) is 42.5 Å². The number of carbonyl (C=O) groups excluding carboxylic acids is 3. The van der Waals surface area contributed by atoms with Crippen LogP contribution in [0.5, 0.6) is 0 Å². The number of pyridine rings is 1. The van der Waals surface area contributed by atoms with Gasteiger partial charge in [0, 0.05) is 29.5 Å². The monoisotopic (exact) mass is 460 g/mol. The van der Waals surface area contributed by atoms with Gasteiger partial charge >= 0.3 is 5.97 Å². The zero-order chi connectivity index (χ0) is 24.6. The van der Waals surface area contributed by atoms with Crippen LogP contribution in [0, 0.1) is 0 Å². The summed E-state index contributed by atoms with van der Waals surface area (Å²) < 4.78 is 5.31. The third kappa shape index (κ3) is 4.71. The summed E-state index contributed by atoms with van der Waals surface area (Å²) in [6, 6.07) is 14.2. The normalized spacial score (nSPS) is 14.2. The summed E-state index contributed by atoms with van der Waals surface area (Å²) in [5, 5.41) is 1.85. The van der Waals surface area contributed by atoms with Gasteiger partial charge in [-0.3, -0.25) is 14.4 Å². The van der Waals surface area contributed by atoms with Crippen LogP contribution in [0.3, 0.4) is 0 Å². The fourth-order valence-corrected chi connectivity index (χ4v) is 4.23. The van der Waals surface area contributed by atoms with Crippen molar-refractivity contribution in [2.75, 3.05) is 5.73 Å². The van der Waals surface area contributed by atoms with Crippen molar-refractivity contribution >= 4 is 34.4 Å². The Morgan fingerprint density at radius 1 is 1.15 bits per heavy atom. The molecule has 0 spiro atoms. The molecule has 1 atom stereocenters. The zero-order valence-corrected chi connectivity index (χ0v) is 19.5. The van der Waals surface area contributed by atoms with E-state index in [2.05, 4.69) is 4.98 Å². The largest absolute Gasteiger partial charge is 0.460 e. The van der Waals surface area contributed by atoms with Crippen LogP contribution in [0.2, 0.25) is 0 Å². The number of carbonyl (C=O) groups is 3. The molecule has 176 valence electrons. The molecule has 8 heteroatoms. The number of benzene rings is 2. The highest BCUT2D eigenvalue weighted by Crippen LogP contribution is 2.32. The first kappa shape index (κ1) is 23.2. The number of hydrogen-bond acceptors (Lipinski definition) is 6. The van der Waals surface area contributed by atoms with E-state index in [0.29, 0.717) is 17.1 Å². The minimum atomic E-state index is -0.912. The average Bonchev–Trinajstić information content (AvgIpc) is 3.08. The third-order valence-electron chi connectivity index (χ3n) is 5.75. The van der Waals surface area contributed by atoms with Gasteiger partial charge in [0.2, 0.25) is 5.91 Å². The van der Waals surface area contributed by atoms with Crippen molar-refractivity contribution in [3.05, 3.63) is 59.7 Å². The van der Waals surface area contributed by atoms with E-state index < -0.39 is 23.5 Å². The molecule has 1 aliphatic heterocycles. The van der Waals surface area contributed by atoms with E-state index in [0.717, 1.165) is 21.9 Å². The Morgan fingerprint density at radius 3 is 2.59 bits per heavy atom. The highest BCUT2D eigenvalue weighted by Gasteiger charge is 2.36. The SMILES string of the molecule is CC(C)(C)OC(=O)CC[C@@H](C(N)=O)N1Cc2cc(-c3cc4ccccc4c(N)n3)ccc2C1=O. The standard InChI is InChI=1S/C26H28N4O4/c1-26(2,3)34-22(31)11-10-21(24(28)32)30-14-17-12-16(8-9-19(17)25(30)33)20-13-15-6-4-5-7-18(15)23(27)29-20/h4-9,12-13,21H,10-11,14H2,1-3H3,(H2,27,29)(H2,28,32)/t21-/m0/s1. The second kappa shape index (κ2) is 8.78. The third-order valence-corrected chi connectivity index (χ3v) is 5.75. The first-order chi connectivity index (χ1) is 16.0. The number of hydrogen-bond donors (Lipinski definition) is 2. The highest BCUT2D eigenvalue weighted by molar-refractivity contribution is 6.02. The Morgan fingerprint density at radius 2 is 1.88 bits per heavy atom. The lowest BCUT2D eigenvalue weighted by Crippen LogP contribution is -2.45. The molecule has 2 aromatic carbocycles. The molecule has 2 amide bonds. The number of anilines is 1. The van der Waals surface area contributed by atoms with Gasteiger partial charge in [-0.1, -0.05) is 30.3 Å². The van der Waals surface area contributed by atoms with Crippen LogP contribution in [-0.2, 0) is 20.9 Å². The summed E-state index contributed by atoms with van der Waals surface area (Å²) in [5.41, 5.74) is 13.9.